The van der Waals surface area contributed by atoms with Crippen LogP contribution in [0.5, 0.6) is 0 Å². The first kappa shape index (κ1) is 21.3. The number of rotatable bonds is 9. The summed E-state index contributed by atoms with van der Waals surface area (Å²) in [5, 5.41) is 0. The van der Waals surface area contributed by atoms with Crippen molar-refractivity contribution in [2.75, 3.05) is 0 Å². The second-order valence-electron chi connectivity index (χ2n) is 8.28. The Balaban J connectivity index is 1.58. The molecule has 2 aromatic rings. The SMILES string of the molecule is C=CCCC(=O)c1ccc(-c2ccc([C@H]3CC[C@H](/C=C/CCC)CC3)cc2)cc1. The van der Waals surface area contributed by atoms with Crippen LogP contribution in [0.15, 0.2) is 73.3 Å². The van der Waals surface area contributed by atoms with Gasteiger partial charge in [0.1, 0.15) is 0 Å². The minimum Gasteiger partial charge on any atom is -0.294 e. The molecule has 1 saturated carbocycles. The van der Waals surface area contributed by atoms with Crippen molar-refractivity contribution in [2.45, 2.75) is 64.2 Å². The largest absolute Gasteiger partial charge is 0.294 e. The molecule has 1 aliphatic carbocycles. The Labute approximate surface area is 176 Å². The molecule has 1 aliphatic rings. The van der Waals surface area contributed by atoms with Gasteiger partial charge in [-0.15, -0.1) is 6.58 Å². The van der Waals surface area contributed by atoms with Crippen LogP contribution in [0.25, 0.3) is 11.1 Å². The van der Waals surface area contributed by atoms with Crippen LogP contribution >= 0.6 is 0 Å². The molecule has 2 aromatic carbocycles. The number of allylic oxidation sites excluding steroid dienone is 3. The van der Waals surface area contributed by atoms with Crippen LogP contribution < -0.4 is 0 Å². The lowest BCUT2D eigenvalue weighted by Crippen LogP contribution is -2.11. The molecule has 3 rings (SSSR count). The highest BCUT2D eigenvalue weighted by molar-refractivity contribution is 5.96. The van der Waals surface area contributed by atoms with Crippen molar-refractivity contribution in [1.29, 1.82) is 0 Å². The minimum absolute atomic E-state index is 0.187. The number of hydrogen-bond acceptors (Lipinski definition) is 1. The molecule has 1 nitrogen and oxygen atoms in total. The third-order valence-corrected chi connectivity index (χ3v) is 6.13. The van der Waals surface area contributed by atoms with Crippen LogP contribution in [0.1, 0.15) is 80.1 Å². The molecular weight excluding hydrogens is 352 g/mol. The molecular formula is C28H34O. The van der Waals surface area contributed by atoms with Gasteiger partial charge in [0.05, 0.1) is 0 Å². The van der Waals surface area contributed by atoms with Gasteiger partial charge in [0, 0.05) is 12.0 Å². The first-order chi connectivity index (χ1) is 14.2. The Morgan fingerprint density at radius 1 is 0.931 bits per heavy atom. The predicted octanol–water partition coefficient (Wildman–Crippen LogP) is 8.13. The number of benzene rings is 2. The maximum absolute atomic E-state index is 12.1. The summed E-state index contributed by atoms with van der Waals surface area (Å²) < 4.78 is 0. The van der Waals surface area contributed by atoms with Crippen LogP contribution in [0.3, 0.4) is 0 Å². The first-order valence-corrected chi connectivity index (χ1v) is 11.2. The number of Topliss-reactive ketones (excluding diaryl/α,β-unsaturated/α-hetero) is 1. The van der Waals surface area contributed by atoms with Gasteiger partial charge in [-0.1, -0.05) is 80.1 Å². The number of carbonyl (C=O) groups is 1. The van der Waals surface area contributed by atoms with Gasteiger partial charge in [0.25, 0.3) is 0 Å². The van der Waals surface area contributed by atoms with Gasteiger partial charge in [0.15, 0.2) is 5.78 Å². The van der Waals surface area contributed by atoms with Gasteiger partial charge in [-0.25, -0.2) is 0 Å². The molecule has 152 valence electrons. The van der Waals surface area contributed by atoms with E-state index in [1.807, 2.05) is 12.1 Å². The normalized spacial score (nSPS) is 19.3. The van der Waals surface area contributed by atoms with E-state index in [1.165, 1.54) is 55.2 Å². The van der Waals surface area contributed by atoms with Gasteiger partial charge < -0.3 is 0 Å². The molecule has 1 heteroatoms. The summed E-state index contributed by atoms with van der Waals surface area (Å²) in [6, 6.07) is 17.1. The van der Waals surface area contributed by atoms with Gasteiger partial charge in [-0.3, -0.25) is 4.79 Å². The third kappa shape index (κ3) is 6.03. The third-order valence-electron chi connectivity index (χ3n) is 6.13. The Kier molecular flexibility index (Phi) is 8.04. The number of carbonyl (C=O) groups excluding carboxylic acids is 1. The summed E-state index contributed by atoms with van der Waals surface area (Å²) in [5.41, 5.74) is 4.65. The minimum atomic E-state index is 0.187. The molecule has 0 spiro atoms. The summed E-state index contributed by atoms with van der Waals surface area (Å²) in [5.74, 6) is 1.67. The molecule has 0 heterocycles. The van der Waals surface area contributed by atoms with Crippen molar-refractivity contribution < 1.29 is 4.79 Å². The lowest BCUT2D eigenvalue weighted by molar-refractivity contribution is 0.0983. The highest BCUT2D eigenvalue weighted by Crippen LogP contribution is 2.37. The van der Waals surface area contributed by atoms with E-state index in [0.717, 1.165) is 17.9 Å². The highest BCUT2D eigenvalue weighted by atomic mass is 16.1. The summed E-state index contributed by atoms with van der Waals surface area (Å²) in [6.07, 6.45) is 15.6. The molecule has 0 aliphatic heterocycles. The van der Waals surface area contributed by atoms with Crippen molar-refractivity contribution >= 4 is 5.78 Å². The summed E-state index contributed by atoms with van der Waals surface area (Å²) in [6.45, 7) is 5.92. The van der Waals surface area contributed by atoms with Crippen LogP contribution in [-0.2, 0) is 0 Å². The van der Waals surface area contributed by atoms with E-state index in [2.05, 4.69) is 62.1 Å². The van der Waals surface area contributed by atoms with Crippen molar-refractivity contribution in [3.8, 4) is 11.1 Å². The average molecular weight is 387 g/mol. The quantitative estimate of drug-likeness (QED) is 0.314. The Bertz CT molecular complexity index is 802. The fraction of sp³-hybridized carbons (Fsp3) is 0.393. The smallest absolute Gasteiger partial charge is 0.163 e. The summed E-state index contributed by atoms with van der Waals surface area (Å²) in [4.78, 5) is 12.1. The van der Waals surface area contributed by atoms with E-state index < -0.39 is 0 Å². The zero-order chi connectivity index (χ0) is 20.5. The van der Waals surface area contributed by atoms with Crippen LogP contribution in [0, 0.1) is 5.92 Å². The van der Waals surface area contributed by atoms with Crippen LogP contribution in [0.4, 0.5) is 0 Å². The van der Waals surface area contributed by atoms with Crippen LogP contribution in [-0.4, -0.2) is 5.78 Å². The van der Waals surface area contributed by atoms with E-state index >= 15 is 0 Å². The summed E-state index contributed by atoms with van der Waals surface area (Å²) in [7, 11) is 0. The van der Waals surface area contributed by atoms with Crippen molar-refractivity contribution in [1.82, 2.24) is 0 Å². The molecule has 0 bridgehead atoms. The highest BCUT2D eigenvalue weighted by Gasteiger charge is 2.20. The standard InChI is InChI=1S/C28H34O/c1-3-5-7-8-22-10-12-23(13-11-22)24-14-16-25(17-15-24)26-18-20-27(21-19-26)28(29)9-6-4-2/h4,7-8,14-23H,2-3,5-6,9-13H2,1H3/b8-7+/t22-,23-. The molecule has 0 atom stereocenters. The fourth-order valence-corrected chi connectivity index (χ4v) is 4.27. The molecule has 0 saturated heterocycles. The summed E-state index contributed by atoms with van der Waals surface area (Å²) >= 11 is 0. The lowest BCUT2D eigenvalue weighted by atomic mass is 9.78. The molecule has 0 radical (unpaired) electrons. The monoisotopic (exact) mass is 386 g/mol. The van der Waals surface area contributed by atoms with Crippen molar-refractivity contribution in [2.24, 2.45) is 5.92 Å². The number of hydrogen-bond donors (Lipinski definition) is 0. The van der Waals surface area contributed by atoms with E-state index in [1.54, 1.807) is 6.08 Å². The number of unbranched alkanes of at least 4 members (excludes halogenated alkanes) is 1. The van der Waals surface area contributed by atoms with Gasteiger partial charge >= 0.3 is 0 Å². The van der Waals surface area contributed by atoms with Crippen molar-refractivity contribution in [3.05, 3.63) is 84.5 Å². The molecule has 0 aromatic heterocycles. The molecule has 1 fully saturated rings. The Morgan fingerprint density at radius 2 is 1.55 bits per heavy atom. The van der Waals surface area contributed by atoms with E-state index in [-0.39, 0.29) is 5.78 Å². The Hall–Kier alpha value is -2.41. The van der Waals surface area contributed by atoms with E-state index in [0.29, 0.717) is 12.3 Å². The van der Waals surface area contributed by atoms with Gasteiger partial charge in [0.2, 0.25) is 0 Å². The molecule has 29 heavy (non-hydrogen) atoms. The number of ketones is 1. The van der Waals surface area contributed by atoms with Gasteiger partial charge in [-0.2, -0.15) is 0 Å². The van der Waals surface area contributed by atoms with Gasteiger partial charge in [-0.05, 0) is 67.1 Å². The topological polar surface area (TPSA) is 17.1 Å². The zero-order valence-corrected chi connectivity index (χ0v) is 17.8. The first-order valence-electron chi connectivity index (χ1n) is 11.2. The molecule has 0 N–H and O–H groups in total. The Morgan fingerprint density at radius 3 is 2.14 bits per heavy atom. The molecule has 0 amide bonds. The fourth-order valence-electron chi connectivity index (χ4n) is 4.27. The van der Waals surface area contributed by atoms with Crippen molar-refractivity contribution in [3.63, 3.8) is 0 Å². The average Bonchev–Trinajstić information content (AvgIpc) is 2.78. The second-order valence-corrected chi connectivity index (χ2v) is 8.28. The molecule has 0 unspecified atom stereocenters. The predicted molar refractivity (Wildman–Crippen MR) is 124 cm³/mol. The maximum Gasteiger partial charge on any atom is 0.163 e. The second kappa shape index (κ2) is 11.0. The maximum atomic E-state index is 12.1. The van der Waals surface area contributed by atoms with E-state index in [9.17, 15) is 4.79 Å². The lowest BCUT2D eigenvalue weighted by Gasteiger charge is -2.27. The van der Waals surface area contributed by atoms with Crippen LogP contribution in [0.2, 0.25) is 0 Å². The zero-order valence-electron chi connectivity index (χ0n) is 17.8. The van der Waals surface area contributed by atoms with E-state index in [4.69, 9.17) is 0 Å².